The first-order valence-electron chi connectivity index (χ1n) is 21.0. The van der Waals surface area contributed by atoms with Crippen molar-refractivity contribution >= 4 is 65.0 Å². The van der Waals surface area contributed by atoms with E-state index in [4.69, 9.17) is 9.98 Å². The Morgan fingerprint density at radius 3 is 1.85 bits per heavy atom. The number of hydrogen-bond donors (Lipinski definition) is 1. The summed E-state index contributed by atoms with van der Waals surface area (Å²) in [4.78, 5) is 10.6. The van der Waals surface area contributed by atoms with Crippen LogP contribution in [0.3, 0.4) is 0 Å². The highest BCUT2D eigenvalue weighted by atomic mass is 32.1. The lowest BCUT2D eigenvalue weighted by Crippen LogP contribution is -2.33. The molecule has 292 valence electrons. The van der Waals surface area contributed by atoms with E-state index in [0.717, 1.165) is 50.4 Å². The number of benzene rings is 9. The van der Waals surface area contributed by atoms with Crippen molar-refractivity contribution in [2.45, 2.75) is 6.17 Å². The van der Waals surface area contributed by atoms with Gasteiger partial charge in [0, 0.05) is 47.8 Å². The second-order valence-corrected chi connectivity index (χ2v) is 16.8. The maximum absolute atomic E-state index is 5.34. The largest absolute Gasteiger partial charge is 0.344 e. The first-order chi connectivity index (χ1) is 30.7. The van der Waals surface area contributed by atoms with Crippen molar-refractivity contribution in [1.82, 2.24) is 9.88 Å². The van der Waals surface area contributed by atoms with Gasteiger partial charge in [-0.15, -0.1) is 11.3 Å². The molecule has 62 heavy (non-hydrogen) atoms. The van der Waals surface area contributed by atoms with Crippen LogP contribution in [0.4, 0.5) is 0 Å². The summed E-state index contributed by atoms with van der Waals surface area (Å²) < 4.78 is 5.05. The van der Waals surface area contributed by atoms with E-state index in [1.807, 2.05) is 23.5 Å². The molecule has 0 bridgehead atoms. The van der Waals surface area contributed by atoms with Gasteiger partial charge in [-0.3, -0.25) is 0 Å². The van der Waals surface area contributed by atoms with Gasteiger partial charge in [0.2, 0.25) is 0 Å². The molecule has 0 aliphatic carbocycles. The summed E-state index contributed by atoms with van der Waals surface area (Å²) in [5, 5.41) is 8.69. The number of fused-ring (bicyclic) bond motifs is 6. The monoisotopic (exact) mass is 810 g/mol. The Morgan fingerprint density at radius 1 is 0.419 bits per heavy atom. The van der Waals surface area contributed by atoms with E-state index >= 15 is 0 Å². The Labute approximate surface area is 363 Å². The minimum absolute atomic E-state index is 0.312. The molecule has 12 rings (SSSR count). The fraction of sp³-hybridized carbons (Fsp3) is 0.0175. The van der Waals surface area contributed by atoms with E-state index < -0.39 is 0 Å². The van der Waals surface area contributed by atoms with E-state index in [0.29, 0.717) is 5.84 Å². The van der Waals surface area contributed by atoms with E-state index in [2.05, 4.69) is 216 Å². The van der Waals surface area contributed by atoms with Gasteiger partial charge < -0.3 is 9.88 Å². The Bertz CT molecular complexity index is 3530. The Balaban J connectivity index is 1.07. The molecule has 0 saturated heterocycles. The summed E-state index contributed by atoms with van der Waals surface area (Å²) in [5.41, 5.74) is 13.4. The molecule has 1 atom stereocenters. The Hall–Kier alpha value is -7.86. The second-order valence-electron chi connectivity index (χ2n) is 15.8. The van der Waals surface area contributed by atoms with Gasteiger partial charge in [0.1, 0.15) is 12.0 Å². The quantitative estimate of drug-likeness (QED) is 0.171. The summed E-state index contributed by atoms with van der Waals surface area (Å²) >= 11 is 1.87. The van der Waals surface area contributed by atoms with E-state index in [9.17, 15) is 0 Å². The number of nitrogens with one attached hydrogen (secondary N) is 1. The van der Waals surface area contributed by atoms with Crippen LogP contribution in [0.15, 0.2) is 228 Å². The van der Waals surface area contributed by atoms with Crippen LogP contribution in [0.5, 0.6) is 0 Å². The third-order valence-electron chi connectivity index (χ3n) is 12.1. The molecule has 0 amide bonds. The predicted molar refractivity (Wildman–Crippen MR) is 262 cm³/mol. The van der Waals surface area contributed by atoms with Gasteiger partial charge in [-0.1, -0.05) is 182 Å². The molecule has 3 heterocycles. The standard InChI is InChI=1S/C57H38N4S/c1-4-15-37(16-5-1)38-27-29-39(30-28-38)50-36-43(32-34-49(50)57-59-55(40-17-6-2-7-18-40)58-56(60-57)41-19-8-3-9-20-41)61-51-25-12-10-21-45(51)46-33-31-42(35-52(46)61)44-23-14-24-48-47-22-11-13-26-53(47)62-54(44)48/h1-36,55H,(H,58,59,60). The van der Waals surface area contributed by atoms with Crippen molar-refractivity contribution in [3.05, 3.63) is 235 Å². The van der Waals surface area contributed by atoms with Crippen LogP contribution in [0.1, 0.15) is 22.9 Å². The normalized spacial score (nSPS) is 14.0. The zero-order valence-electron chi connectivity index (χ0n) is 33.6. The van der Waals surface area contributed by atoms with Crippen molar-refractivity contribution in [3.63, 3.8) is 0 Å². The molecule has 9 aromatic carbocycles. The fourth-order valence-electron chi connectivity index (χ4n) is 9.09. The number of rotatable bonds is 7. The lowest BCUT2D eigenvalue weighted by molar-refractivity contribution is 0.674. The van der Waals surface area contributed by atoms with Crippen molar-refractivity contribution in [1.29, 1.82) is 0 Å². The SMILES string of the molecule is c1ccc(C2=NC(c3ccc(-n4c5ccccc5c5ccc(-c6cccc7c6sc6ccccc67)cc54)cc3-c3ccc(-c4ccccc4)cc3)=NC(c3ccccc3)N2)cc1. The van der Waals surface area contributed by atoms with Gasteiger partial charge in [-0.2, -0.15) is 0 Å². The van der Waals surface area contributed by atoms with E-state index in [1.54, 1.807) is 0 Å². The van der Waals surface area contributed by atoms with Crippen LogP contribution in [0, 0.1) is 0 Å². The number of aliphatic imine (C=N–C) groups is 2. The zero-order valence-corrected chi connectivity index (χ0v) is 34.4. The maximum atomic E-state index is 5.34. The molecular weight excluding hydrogens is 773 g/mol. The molecule has 0 fully saturated rings. The zero-order chi connectivity index (χ0) is 41.0. The van der Waals surface area contributed by atoms with Crippen LogP contribution in [0.2, 0.25) is 0 Å². The Kier molecular flexibility index (Phi) is 8.72. The lowest BCUT2D eigenvalue weighted by atomic mass is 9.95. The van der Waals surface area contributed by atoms with Crippen LogP contribution in [-0.4, -0.2) is 16.2 Å². The number of thiophene rings is 1. The molecule has 2 aromatic heterocycles. The van der Waals surface area contributed by atoms with Crippen molar-refractivity contribution in [2.75, 3.05) is 0 Å². The number of amidine groups is 2. The molecule has 4 nitrogen and oxygen atoms in total. The van der Waals surface area contributed by atoms with Crippen molar-refractivity contribution in [3.8, 4) is 39.1 Å². The van der Waals surface area contributed by atoms with Gasteiger partial charge in [0.15, 0.2) is 5.84 Å². The second kappa shape index (κ2) is 15.0. The predicted octanol–water partition coefficient (Wildman–Crippen LogP) is 14.6. The summed E-state index contributed by atoms with van der Waals surface area (Å²) in [6.45, 7) is 0. The van der Waals surface area contributed by atoms with Gasteiger partial charge in [0.25, 0.3) is 0 Å². The maximum Gasteiger partial charge on any atom is 0.160 e. The minimum atomic E-state index is -0.312. The summed E-state index contributed by atoms with van der Waals surface area (Å²) in [6, 6.07) is 78.2. The molecule has 0 radical (unpaired) electrons. The average Bonchev–Trinajstić information content (AvgIpc) is 3.90. The van der Waals surface area contributed by atoms with Crippen LogP contribution >= 0.6 is 11.3 Å². The van der Waals surface area contributed by atoms with Crippen molar-refractivity contribution in [2.24, 2.45) is 9.98 Å². The highest BCUT2D eigenvalue weighted by Gasteiger charge is 2.24. The van der Waals surface area contributed by atoms with E-state index in [-0.39, 0.29) is 6.17 Å². The summed E-state index contributed by atoms with van der Waals surface area (Å²) in [5.74, 6) is 1.48. The number of hydrogen-bond acceptors (Lipinski definition) is 4. The number of nitrogens with zero attached hydrogens (tertiary/aromatic N) is 3. The molecule has 11 aromatic rings. The lowest BCUT2D eigenvalue weighted by Gasteiger charge is -2.24. The van der Waals surface area contributed by atoms with Gasteiger partial charge in [-0.05, 0) is 75.3 Å². The molecule has 1 aliphatic rings. The highest BCUT2D eigenvalue weighted by Crippen LogP contribution is 2.42. The van der Waals surface area contributed by atoms with Crippen LogP contribution < -0.4 is 5.32 Å². The molecule has 1 N–H and O–H groups in total. The third-order valence-corrected chi connectivity index (χ3v) is 13.3. The highest BCUT2D eigenvalue weighted by molar-refractivity contribution is 7.26. The average molecular weight is 811 g/mol. The topological polar surface area (TPSA) is 41.7 Å². The molecule has 0 spiro atoms. The Morgan fingerprint density at radius 2 is 1.05 bits per heavy atom. The van der Waals surface area contributed by atoms with Gasteiger partial charge >= 0.3 is 0 Å². The van der Waals surface area contributed by atoms with Crippen LogP contribution in [0.25, 0.3) is 81.0 Å². The van der Waals surface area contributed by atoms with Gasteiger partial charge in [0.05, 0.1) is 11.0 Å². The first-order valence-corrected chi connectivity index (χ1v) is 21.8. The molecule has 5 heteroatoms. The number of aromatic nitrogens is 1. The molecule has 1 unspecified atom stereocenters. The van der Waals surface area contributed by atoms with Crippen molar-refractivity contribution < 1.29 is 0 Å². The smallest absolute Gasteiger partial charge is 0.160 e. The summed E-state index contributed by atoms with van der Waals surface area (Å²) in [7, 11) is 0. The van der Waals surface area contributed by atoms with E-state index in [1.165, 1.54) is 53.2 Å². The molecule has 1 aliphatic heterocycles. The third kappa shape index (κ3) is 6.21. The number of para-hydroxylation sites is 1. The first kappa shape index (κ1) is 36.0. The van der Waals surface area contributed by atoms with Crippen LogP contribution in [-0.2, 0) is 0 Å². The minimum Gasteiger partial charge on any atom is -0.344 e. The summed E-state index contributed by atoms with van der Waals surface area (Å²) in [6.07, 6.45) is -0.312. The molecule has 0 saturated carbocycles. The van der Waals surface area contributed by atoms with Gasteiger partial charge in [-0.25, -0.2) is 9.98 Å². The fourth-order valence-corrected chi connectivity index (χ4v) is 10.3. The molecular formula is C57H38N4S.